The van der Waals surface area contributed by atoms with Crippen LogP contribution in [0.25, 0.3) is 0 Å². The molecule has 0 radical (unpaired) electrons. The van der Waals surface area contributed by atoms with E-state index in [4.69, 9.17) is 10.2 Å². The van der Waals surface area contributed by atoms with Gasteiger partial charge in [-0.1, -0.05) is 9.39 Å². The Balaban J connectivity index is 3.96. The second kappa shape index (κ2) is 14.4. The summed E-state index contributed by atoms with van der Waals surface area (Å²) in [7, 11) is 4.21. The minimum Gasteiger partial charge on any atom is -0.424 e. The Labute approximate surface area is 139 Å². The second-order valence-electron chi connectivity index (χ2n) is 5.21. The minimum atomic E-state index is -0.402. The fourth-order valence-corrected chi connectivity index (χ4v) is 3.06. The third-order valence-electron chi connectivity index (χ3n) is 3.23. The van der Waals surface area contributed by atoms with Crippen molar-refractivity contribution in [3.8, 4) is 0 Å². The van der Waals surface area contributed by atoms with Crippen LogP contribution in [0, 0.1) is 0 Å². The molecule has 9 heteroatoms. The number of carbonyl (C=O) groups is 1. The van der Waals surface area contributed by atoms with Gasteiger partial charge in [0.15, 0.2) is 9.76 Å². The first kappa shape index (κ1) is 21.8. The number of carbonyl (C=O) groups excluding carboxylic acids is 1. The zero-order valence-electron chi connectivity index (χ0n) is 14.3. The van der Waals surface area contributed by atoms with Crippen molar-refractivity contribution < 1.29 is 9.22 Å². The molecule has 0 rings (SSSR count). The van der Waals surface area contributed by atoms with Crippen molar-refractivity contribution in [1.82, 2.24) is 20.2 Å². The summed E-state index contributed by atoms with van der Waals surface area (Å²) < 4.78 is 7.51. The Morgan fingerprint density at radius 2 is 2.09 bits per heavy atom. The van der Waals surface area contributed by atoms with Crippen LogP contribution in [-0.2, 0) is 4.43 Å². The zero-order chi connectivity index (χ0) is 16.8. The van der Waals surface area contributed by atoms with Crippen molar-refractivity contribution in [3.05, 3.63) is 0 Å². The monoisotopic (exact) mass is 351 g/mol. The predicted octanol–water partition coefficient (Wildman–Crippen LogP) is -0.457. The maximum Gasteiger partial charge on any atom is 0.318 e. The second-order valence-corrected chi connectivity index (χ2v) is 7.46. The molecule has 0 spiro atoms. The van der Waals surface area contributed by atoms with Gasteiger partial charge in [0, 0.05) is 39.3 Å². The molecule has 0 heterocycles. The topological polar surface area (TPSA) is 82.9 Å². The van der Waals surface area contributed by atoms with E-state index in [1.807, 2.05) is 20.9 Å². The van der Waals surface area contributed by atoms with Gasteiger partial charge >= 0.3 is 6.03 Å². The number of likely N-dealkylation sites (N-methyl/N-ethyl adjacent to an activating group) is 1. The molecular weight excluding hydrogens is 317 g/mol. The van der Waals surface area contributed by atoms with Gasteiger partial charge in [0.05, 0.1) is 6.17 Å². The molecule has 132 valence electrons. The highest BCUT2D eigenvalue weighted by Crippen LogP contribution is 2.01. The summed E-state index contributed by atoms with van der Waals surface area (Å²) in [6.07, 6.45) is 0.684. The molecule has 0 saturated heterocycles. The standard InChI is InChI=1S/C13H34N5O2PSi/c1-4-20-22-11-5-6-16-13(19)18(12(2)14)10-9-17(21)8-7-15-3/h12,15H,4-11,14,21-22H2,1-3H3,(H,16,19). The van der Waals surface area contributed by atoms with Crippen LogP contribution < -0.4 is 16.4 Å². The van der Waals surface area contributed by atoms with E-state index in [9.17, 15) is 4.79 Å². The normalized spacial score (nSPS) is 13.0. The molecule has 22 heavy (non-hydrogen) atoms. The fraction of sp³-hybridized carbons (Fsp3) is 0.923. The SMILES string of the molecule is CCO[SiH2]CCCNC(=O)N(CCN(P)CCNC)C(C)N. The summed E-state index contributed by atoms with van der Waals surface area (Å²) in [6.45, 7) is 8.56. The number of urea groups is 1. The number of hydrogen-bond acceptors (Lipinski definition) is 5. The van der Waals surface area contributed by atoms with Crippen LogP contribution in [0.3, 0.4) is 0 Å². The Bertz CT molecular complexity index is 287. The highest BCUT2D eigenvalue weighted by atomic mass is 31.0. The summed E-state index contributed by atoms with van der Waals surface area (Å²) in [5.41, 5.74) is 5.91. The first-order valence-electron chi connectivity index (χ1n) is 8.05. The molecule has 2 atom stereocenters. The minimum absolute atomic E-state index is 0.0832. The van der Waals surface area contributed by atoms with E-state index < -0.39 is 9.76 Å². The van der Waals surface area contributed by atoms with E-state index in [0.29, 0.717) is 13.1 Å². The summed E-state index contributed by atoms with van der Waals surface area (Å²) in [4.78, 5) is 13.9. The van der Waals surface area contributed by atoms with E-state index in [2.05, 4.69) is 24.7 Å². The zero-order valence-corrected chi connectivity index (χ0v) is 16.9. The fourth-order valence-electron chi connectivity index (χ4n) is 1.86. The lowest BCUT2D eigenvalue weighted by atomic mass is 10.4. The predicted molar refractivity (Wildman–Crippen MR) is 98.6 cm³/mol. The van der Waals surface area contributed by atoms with Gasteiger partial charge < -0.3 is 25.7 Å². The van der Waals surface area contributed by atoms with Crippen LogP contribution >= 0.6 is 9.39 Å². The first-order valence-corrected chi connectivity index (χ1v) is 10.1. The molecule has 0 bridgehead atoms. The molecule has 0 aliphatic rings. The van der Waals surface area contributed by atoms with Gasteiger partial charge in [-0.15, -0.1) is 0 Å². The first-order chi connectivity index (χ1) is 10.5. The lowest BCUT2D eigenvalue weighted by molar-refractivity contribution is 0.176. The molecule has 0 aliphatic carbocycles. The van der Waals surface area contributed by atoms with Crippen molar-refractivity contribution >= 4 is 25.2 Å². The van der Waals surface area contributed by atoms with E-state index in [-0.39, 0.29) is 12.2 Å². The lowest BCUT2D eigenvalue weighted by Crippen LogP contribution is -2.51. The van der Waals surface area contributed by atoms with Crippen LogP contribution in [0.4, 0.5) is 4.79 Å². The van der Waals surface area contributed by atoms with Crippen LogP contribution in [0.5, 0.6) is 0 Å². The van der Waals surface area contributed by atoms with Crippen LogP contribution in [0.2, 0.25) is 6.04 Å². The van der Waals surface area contributed by atoms with Gasteiger partial charge in [0.25, 0.3) is 0 Å². The number of amides is 2. The van der Waals surface area contributed by atoms with Gasteiger partial charge in [0.2, 0.25) is 0 Å². The third kappa shape index (κ3) is 11.3. The quantitative estimate of drug-likeness (QED) is 0.181. The third-order valence-corrected chi connectivity index (χ3v) is 5.23. The molecular formula is C13H34N5O2PSi. The average molecular weight is 352 g/mol. The van der Waals surface area contributed by atoms with Crippen molar-refractivity contribution in [2.75, 3.05) is 46.4 Å². The smallest absolute Gasteiger partial charge is 0.318 e. The van der Waals surface area contributed by atoms with Gasteiger partial charge in [-0.3, -0.25) is 4.67 Å². The highest BCUT2D eigenvalue weighted by Gasteiger charge is 2.17. The van der Waals surface area contributed by atoms with Crippen LogP contribution in [0.1, 0.15) is 20.3 Å². The Kier molecular flexibility index (Phi) is 14.2. The summed E-state index contributed by atoms with van der Waals surface area (Å²) in [6, 6.07) is 1.01. The Morgan fingerprint density at radius 3 is 2.68 bits per heavy atom. The van der Waals surface area contributed by atoms with E-state index in [1.54, 1.807) is 4.90 Å². The number of hydrogen-bond donors (Lipinski definition) is 3. The van der Waals surface area contributed by atoms with Crippen LogP contribution in [-0.4, -0.2) is 77.9 Å². The molecule has 0 saturated carbocycles. The molecule has 0 fully saturated rings. The summed E-state index contributed by atoms with van der Waals surface area (Å²) >= 11 is 0. The maximum absolute atomic E-state index is 12.2. The Morgan fingerprint density at radius 1 is 1.36 bits per heavy atom. The van der Waals surface area contributed by atoms with E-state index >= 15 is 0 Å². The highest BCUT2D eigenvalue weighted by molar-refractivity contribution is 7.13. The molecule has 2 amide bonds. The van der Waals surface area contributed by atoms with Crippen molar-refractivity contribution in [2.45, 2.75) is 32.5 Å². The number of nitrogens with one attached hydrogen (secondary N) is 2. The van der Waals surface area contributed by atoms with E-state index in [0.717, 1.165) is 38.7 Å². The maximum atomic E-state index is 12.2. The summed E-state index contributed by atoms with van der Waals surface area (Å²) in [5, 5.41) is 6.04. The largest absolute Gasteiger partial charge is 0.424 e. The Hall–Kier alpha value is -0.243. The molecule has 2 unspecified atom stereocenters. The van der Waals surface area contributed by atoms with E-state index in [1.165, 1.54) is 0 Å². The molecule has 4 N–H and O–H groups in total. The average Bonchev–Trinajstić information content (AvgIpc) is 2.48. The summed E-state index contributed by atoms with van der Waals surface area (Å²) in [5.74, 6) is 0. The van der Waals surface area contributed by atoms with Gasteiger partial charge in [-0.2, -0.15) is 0 Å². The number of nitrogens with zero attached hydrogens (tertiary/aromatic N) is 2. The molecule has 0 aliphatic heterocycles. The van der Waals surface area contributed by atoms with Gasteiger partial charge in [0.1, 0.15) is 0 Å². The molecule has 7 nitrogen and oxygen atoms in total. The molecule has 0 aromatic carbocycles. The lowest BCUT2D eigenvalue weighted by Gasteiger charge is -2.28. The van der Waals surface area contributed by atoms with Gasteiger partial charge in [-0.25, -0.2) is 4.79 Å². The van der Waals surface area contributed by atoms with Crippen molar-refractivity contribution in [3.63, 3.8) is 0 Å². The van der Waals surface area contributed by atoms with Crippen molar-refractivity contribution in [1.29, 1.82) is 0 Å². The van der Waals surface area contributed by atoms with Crippen molar-refractivity contribution in [2.24, 2.45) is 5.73 Å². The molecule has 0 aromatic rings. The van der Waals surface area contributed by atoms with Crippen LogP contribution in [0.15, 0.2) is 0 Å². The molecule has 0 aromatic heterocycles. The van der Waals surface area contributed by atoms with Gasteiger partial charge in [-0.05, 0) is 33.4 Å². The number of rotatable bonds is 13. The number of nitrogens with two attached hydrogens (primary N) is 1.